The first-order valence-corrected chi connectivity index (χ1v) is 10.6. The summed E-state index contributed by atoms with van der Waals surface area (Å²) in [5.41, 5.74) is 0.271. The Morgan fingerprint density at radius 3 is 2.43 bits per heavy atom. The van der Waals surface area contributed by atoms with Crippen molar-refractivity contribution in [1.82, 2.24) is 10.3 Å². The summed E-state index contributed by atoms with van der Waals surface area (Å²) in [6.07, 6.45) is -3.40. The van der Waals surface area contributed by atoms with Crippen LogP contribution < -0.4 is 14.8 Å². The zero-order valence-corrected chi connectivity index (χ0v) is 16.6. The highest BCUT2D eigenvalue weighted by Gasteiger charge is 2.32. The number of halogens is 3. The van der Waals surface area contributed by atoms with Crippen molar-refractivity contribution in [3.8, 4) is 5.75 Å². The topological polar surface area (TPSA) is 97.4 Å². The Hall–Kier alpha value is -3.12. The number of para-hydroxylation sites is 1. The van der Waals surface area contributed by atoms with Crippen molar-refractivity contribution < 1.29 is 31.1 Å². The average molecular weight is 457 g/mol. The van der Waals surface area contributed by atoms with E-state index in [4.69, 9.17) is 0 Å². The van der Waals surface area contributed by atoms with Gasteiger partial charge in [0.05, 0.1) is 4.90 Å². The van der Waals surface area contributed by atoms with Crippen LogP contribution in [-0.2, 0) is 16.6 Å². The van der Waals surface area contributed by atoms with E-state index in [0.29, 0.717) is 0 Å². The summed E-state index contributed by atoms with van der Waals surface area (Å²) in [5.74, 6) is -1.01. The number of aromatic nitrogens is 1. The van der Waals surface area contributed by atoms with E-state index in [1.54, 1.807) is 5.38 Å². The zero-order valence-electron chi connectivity index (χ0n) is 15.0. The summed E-state index contributed by atoms with van der Waals surface area (Å²) < 4.78 is 68.2. The van der Waals surface area contributed by atoms with Crippen LogP contribution in [-0.4, -0.2) is 25.7 Å². The average Bonchev–Trinajstić information content (AvgIpc) is 3.18. The number of amides is 1. The van der Waals surface area contributed by atoms with Gasteiger partial charge in [0.25, 0.3) is 15.9 Å². The van der Waals surface area contributed by atoms with Gasteiger partial charge >= 0.3 is 6.36 Å². The molecule has 3 rings (SSSR count). The minimum atomic E-state index is -4.85. The maximum absolute atomic E-state index is 12.5. The second-order valence-electron chi connectivity index (χ2n) is 5.81. The Bertz CT molecular complexity index is 1120. The number of rotatable bonds is 7. The molecule has 2 aromatic carbocycles. The second-order valence-corrected chi connectivity index (χ2v) is 8.38. The fourth-order valence-corrected chi connectivity index (χ4v) is 4.17. The summed E-state index contributed by atoms with van der Waals surface area (Å²) >= 11 is 1.12. The van der Waals surface area contributed by atoms with Gasteiger partial charge in [-0.1, -0.05) is 18.2 Å². The maximum atomic E-state index is 12.5. The fraction of sp³-hybridized carbons (Fsp3) is 0.111. The lowest BCUT2D eigenvalue weighted by Gasteiger charge is -2.13. The summed E-state index contributed by atoms with van der Waals surface area (Å²) in [6.45, 7) is -0.212. The number of hydrogen-bond donors (Lipinski definition) is 2. The molecule has 7 nitrogen and oxygen atoms in total. The van der Waals surface area contributed by atoms with Crippen molar-refractivity contribution in [1.29, 1.82) is 0 Å². The normalized spacial score (nSPS) is 11.7. The summed E-state index contributed by atoms with van der Waals surface area (Å²) in [5, 5.41) is 4.30. The Morgan fingerprint density at radius 1 is 1.10 bits per heavy atom. The van der Waals surface area contributed by atoms with Gasteiger partial charge in [-0.05, 0) is 30.3 Å². The second kappa shape index (κ2) is 8.71. The minimum Gasteiger partial charge on any atom is -0.405 e. The highest BCUT2D eigenvalue weighted by molar-refractivity contribution is 7.93. The molecule has 0 radical (unpaired) electrons. The van der Waals surface area contributed by atoms with Crippen molar-refractivity contribution in [2.75, 3.05) is 4.72 Å². The smallest absolute Gasteiger partial charge is 0.405 e. The summed E-state index contributed by atoms with van der Waals surface area (Å²) in [7, 11) is -3.86. The molecule has 0 unspecified atom stereocenters. The molecule has 0 saturated heterocycles. The predicted octanol–water partition coefficient (Wildman–Crippen LogP) is 3.77. The molecule has 0 aliphatic carbocycles. The van der Waals surface area contributed by atoms with Gasteiger partial charge in [0.1, 0.15) is 5.75 Å². The number of sulfonamides is 1. The van der Waals surface area contributed by atoms with Gasteiger partial charge in [-0.15, -0.1) is 24.5 Å². The largest absolute Gasteiger partial charge is 0.573 e. The van der Waals surface area contributed by atoms with Crippen LogP contribution in [0.2, 0.25) is 0 Å². The first-order valence-electron chi connectivity index (χ1n) is 8.28. The van der Waals surface area contributed by atoms with Crippen LogP contribution in [0.1, 0.15) is 15.9 Å². The number of hydrogen-bond acceptors (Lipinski definition) is 6. The lowest BCUT2D eigenvalue weighted by atomic mass is 10.2. The van der Waals surface area contributed by atoms with Gasteiger partial charge in [0.15, 0.2) is 5.13 Å². The molecule has 30 heavy (non-hydrogen) atoms. The third-order valence-corrected chi connectivity index (χ3v) is 5.89. The van der Waals surface area contributed by atoms with Crippen LogP contribution in [0.25, 0.3) is 0 Å². The molecule has 158 valence electrons. The van der Waals surface area contributed by atoms with Gasteiger partial charge in [-0.2, -0.15) is 0 Å². The van der Waals surface area contributed by atoms with E-state index in [0.717, 1.165) is 17.4 Å². The van der Waals surface area contributed by atoms with Crippen molar-refractivity contribution in [2.45, 2.75) is 17.8 Å². The quantitative estimate of drug-likeness (QED) is 0.563. The molecule has 0 saturated carbocycles. The Balaban J connectivity index is 1.66. The lowest BCUT2D eigenvalue weighted by Crippen LogP contribution is -2.24. The molecule has 0 atom stereocenters. The number of benzene rings is 2. The first-order chi connectivity index (χ1) is 14.1. The summed E-state index contributed by atoms with van der Waals surface area (Å²) in [4.78, 5) is 16.1. The molecular weight excluding hydrogens is 443 g/mol. The van der Waals surface area contributed by atoms with E-state index in [1.807, 2.05) is 0 Å². The monoisotopic (exact) mass is 457 g/mol. The Morgan fingerprint density at radius 2 is 1.80 bits per heavy atom. The van der Waals surface area contributed by atoms with E-state index < -0.39 is 28.0 Å². The molecule has 1 heterocycles. The Kier molecular flexibility index (Phi) is 6.27. The third kappa shape index (κ3) is 5.70. The summed E-state index contributed by atoms with van der Waals surface area (Å²) in [6, 6.07) is 10.5. The number of carbonyl (C=O) groups is 1. The highest BCUT2D eigenvalue weighted by Crippen LogP contribution is 2.26. The highest BCUT2D eigenvalue weighted by atomic mass is 32.2. The number of anilines is 1. The van der Waals surface area contributed by atoms with Gasteiger partial charge in [0.2, 0.25) is 0 Å². The molecule has 1 amide bonds. The molecule has 3 aromatic rings. The van der Waals surface area contributed by atoms with E-state index in [9.17, 15) is 26.4 Å². The van der Waals surface area contributed by atoms with E-state index >= 15 is 0 Å². The van der Waals surface area contributed by atoms with Crippen molar-refractivity contribution in [3.05, 3.63) is 71.2 Å². The van der Waals surface area contributed by atoms with Crippen molar-refractivity contribution in [3.63, 3.8) is 0 Å². The lowest BCUT2D eigenvalue weighted by molar-refractivity contribution is -0.274. The number of alkyl halides is 3. The fourth-order valence-electron chi connectivity index (χ4n) is 2.38. The van der Waals surface area contributed by atoms with Crippen LogP contribution in [0.3, 0.4) is 0 Å². The van der Waals surface area contributed by atoms with Gasteiger partial charge in [0, 0.05) is 29.2 Å². The van der Waals surface area contributed by atoms with Crippen LogP contribution in [0, 0.1) is 0 Å². The van der Waals surface area contributed by atoms with Crippen molar-refractivity contribution >= 4 is 32.4 Å². The first kappa shape index (κ1) is 21.6. The van der Waals surface area contributed by atoms with Crippen molar-refractivity contribution in [2.24, 2.45) is 0 Å². The Labute approximate surface area is 173 Å². The molecule has 1 aromatic heterocycles. The number of carbonyl (C=O) groups excluding carboxylic acids is 1. The minimum absolute atomic E-state index is 0.0711. The molecular formula is C18H14F3N3O4S2. The molecule has 2 N–H and O–H groups in total. The van der Waals surface area contributed by atoms with Gasteiger partial charge in [-0.25, -0.2) is 13.4 Å². The van der Waals surface area contributed by atoms with Crippen LogP contribution >= 0.6 is 11.3 Å². The number of ether oxygens (including phenoxy) is 1. The zero-order chi connectivity index (χ0) is 21.8. The van der Waals surface area contributed by atoms with Gasteiger partial charge < -0.3 is 10.1 Å². The molecule has 0 aliphatic heterocycles. The van der Waals surface area contributed by atoms with E-state index in [-0.39, 0.29) is 27.7 Å². The molecule has 12 heteroatoms. The molecule has 0 bridgehead atoms. The maximum Gasteiger partial charge on any atom is 0.573 e. The van der Waals surface area contributed by atoms with Gasteiger partial charge in [-0.3, -0.25) is 9.52 Å². The van der Waals surface area contributed by atoms with Crippen LogP contribution in [0.4, 0.5) is 18.3 Å². The molecule has 0 aliphatic rings. The standard InChI is InChI=1S/C18H14F3N3O4S2/c19-18(20,21)28-15-4-2-1-3-13(15)11-23-16(25)12-5-7-14(8-6-12)30(26,27)24-17-22-9-10-29-17/h1-10H,11H2,(H,22,24)(H,23,25). The number of nitrogens with one attached hydrogen (secondary N) is 2. The van der Waals surface area contributed by atoms with Crippen LogP contribution in [0.15, 0.2) is 65.0 Å². The number of nitrogens with zero attached hydrogens (tertiary/aromatic N) is 1. The molecule has 0 spiro atoms. The van der Waals surface area contributed by atoms with E-state index in [1.165, 1.54) is 48.7 Å². The predicted molar refractivity (Wildman–Crippen MR) is 104 cm³/mol. The molecule has 0 fully saturated rings. The SMILES string of the molecule is O=C(NCc1ccccc1OC(F)(F)F)c1ccc(S(=O)(=O)Nc2nccs2)cc1. The number of thiazole rings is 1. The van der Waals surface area contributed by atoms with Crippen LogP contribution in [0.5, 0.6) is 5.75 Å². The third-order valence-electron chi connectivity index (χ3n) is 3.72. The van der Waals surface area contributed by atoms with E-state index in [2.05, 4.69) is 19.8 Å².